The minimum Gasteiger partial charge on any atom is -0.462 e. The molecule has 0 bridgehead atoms. The van der Waals surface area contributed by atoms with Crippen LogP contribution in [0.3, 0.4) is 0 Å². The lowest BCUT2D eigenvalue weighted by atomic mass is 10.2. The summed E-state index contributed by atoms with van der Waals surface area (Å²) in [4.78, 5) is 11.7. The van der Waals surface area contributed by atoms with Crippen molar-refractivity contribution < 1.29 is 9.53 Å². The van der Waals surface area contributed by atoms with Gasteiger partial charge in [0.2, 0.25) is 0 Å². The van der Waals surface area contributed by atoms with E-state index in [1.807, 2.05) is 30.3 Å². The molecule has 0 aliphatic rings. The molecule has 0 aliphatic heterocycles. The highest BCUT2D eigenvalue weighted by atomic mass is 79.9. The van der Waals surface area contributed by atoms with Gasteiger partial charge in [0.15, 0.2) is 0 Å². The fraction of sp³-hybridized carbons (Fsp3) is 0.188. The van der Waals surface area contributed by atoms with Crippen LogP contribution < -0.4 is 5.32 Å². The van der Waals surface area contributed by atoms with E-state index in [1.54, 1.807) is 19.1 Å². The van der Waals surface area contributed by atoms with Crippen LogP contribution in [0.2, 0.25) is 5.02 Å². The van der Waals surface area contributed by atoms with Crippen molar-refractivity contribution in [2.75, 3.05) is 11.9 Å². The smallest absolute Gasteiger partial charge is 0.338 e. The second kappa shape index (κ2) is 7.48. The van der Waals surface area contributed by atoms with Gasteiger partial charge in [-0.1, -0.05) is 39.7 Å². The SMILES string of the molecule is CCOC(=O)c1cccc(NCc2ccc(Cl)cc2Br)c1. The van der Waals surface area contributed by atoms with Gasteiger partial charge in [-0.25, -0.2) is 4.79 Å². The van der Waals surface area contributed by atoms with E-state index in [-0.39, 0.29) is 5.97 Å². The highest BCUT2D eigenvalue weighted by Crippen LogP contribution is 2.22. The van der Waals surface area contributed by atoms with Gasteiger partial charge in [-0.3, -0.25) is 0 Å². The predicted octanol–water partition coefficient (Wildman–Crippen LogP) is 4.89. The Bertz CT molecular complexity index is 646. The zero-order valence-corrected chi connectivity index (χ0v) is 13.9. The molecular weight excluding hydrogens is 354 g/mol. The maximum absolute atomic E-state index is 11.7. The maximum Gasteiger partial charge on any atom is 0.338 e. The first-order chi connectivity index (χ1) is 10.1. The molecule has 0 aliphatic carbocycles. The van der Waals surface area contributed by atoms with Gasteiger partial charge < -0.3 is 10.1 Å². The largest absolute Gasteiger partial charge is 0.462 e. The number of nitrogens with one attached hydrogen (secondary N) is 1. The van der Waals surface area contributed by atoms with Crippen LogP contribution in [-0.4, -0.2) is 12.6 Å². The number of anilines is 1. The Balaban J connectivity index is 2.06. The third-order valence-corrected chi connectivity index (χ3v) is 3.85. The summed E-state index contributed by atoms with van der Waals surface area (Å²) < 4.78 is 5.94. The molecule has 3 nitrogen and oxygen atoms in total. The molecule has 0 saturated carbocycles. The molecule has 2 rings (SSSR count). The quantitative estimate of drug-likeness (QED) is 0.764. The summed E-state index contributed by atoms with van der Waals surface area (Å²) in [5.41, 5.74) is 2.49. The van der Waals surface area contributed by atoms with Gasteiger partial charge in [0.05, 0.1) is 12.2 Å². The maximum atomic E-state index is 11.7. The minimum absolute atomic E-state index is 0.311. The highest BCUT2D eigenvalue weighted by Gasteiger charge is 2.07. The van der Waals surface area contributed by atoms with Crippen LogP contribution in [0.4, 0.5) is 5.69 Å². The van der Waals surface area contributed by atoms with E-state index >= 15 is 0 Å². The van der Waals surface area contributed by atoms with Crippen molar-refractivity contribution in [3.63, 3.8) is 0 Å². The van der Waals surface area contributed by atoms with E-state index in [9.17, 15) is 4.79 Å². The second-order valence-corrected chi connectivity index (χ2v) is 5.68. The molecule has 21 heavy (non-hydrogen) atoms. The van der Waals surface area contributed by atoms with Crippen molar-refractivity contribution in [1.29, 1.82) is 0 Å². The van der Waals surface area contributed by atoms with Crippen molar-refractivity contribution >= 4 is 39.2 Å². The summed E-state index contributed by atoms with van der Waals surface area (Å²) in [6, 6.07) is 12.9. The van der Waals surface area contributed by atoms with E-state index in [4.69, 9.17) is 16.3 Å². The summed E-state index contributed by atoms with van der Waals surface area (Å²) in [6.45, 7) is 2.79. The van der Waals surface area contributed by atoms with E-state index in [2.05, 4.69) is 21.2 Å². The number of halogens is 2. The molecule has 110 valence electrons. The summed E-state index contributed by atoms with van der Waals surface area (Å²) >= 11 is 9.40. The van der Waals surface area contributed by atoms with E-state index in [0.29, 0.717) is 23.7 Å². The summed E-state index contributed by atoms with van der Waals surface area (Å²) in [6.07, 6.45) is 0. The van der Waals surface area contributed by atoms with E-state index in [0.717, 1.165) is 15.7 Å². The van der Waals surface area contributed by atoms with Crippen LogP contribution >= 0.6 is 27.5 Å². The third-order valence-electron chi connectivity index (χ3n) is 2.87. The first kappa shape index (κ1) is 15.9. The van der Waals surface area contributed by atoms with E-state index < -0.39 is 0 Å². The Labute approximate surface area is 137 Å². The average molecular weight is 369 g/mol. The number of hydrogen-bond donors (Lipinski definition) is 1. The third kappa shape index (κ3) is 4.48. The number of ether oxygens (including phenoxy) is 1. The van der Waals surface area contributed by atoms with Crippen molar-refractivity contribution in [2.45, 2.75) is 13.5 Å². The Morgan fingerprint density at radius 1 is 1.29 bits per heavy atom. The van der Waals surface area contributed by atoms with Crippen LogP contribution in [0.1, 0.15) is 22.8 Å². The zero-order chi connectivity index (χ0) is 15.2. The molecule has 0 amide bonds. The monoisotopic (exact) mass is 367 g/mol. The molecule has 0 radical (unpaired) electrons. The van der Waals surface area contributed by atoms with Crippen LogP contribution in [0.15, 0.2) is 46.9 Å². The van der Waals surface area contributed by atoms with Crippen LogP contribution in [0.5, 0.6) is 0 Å². The lowest BCUT2D eigenvalue weighted by Crippen LogP contribution is -2.06. The number of esters is 1. The van der Waals surface area contributed by atoms with Gasteiger partial charge in [-0.2, -0.15) is 0 Å². The fourth-order valence-corrected chi connectivity index (χ4v) is 2.66. The number of rotatable bonds is 5. The summed E-state index contributed by atoms with van der Waals surface area (Å²) in [5, 5.41) is 3.97. The Kier molecular flexibility index (Phi) is 5.65. The predicted molar refractivity (Wildman–Crippen MR) is 88.9 cm³/mol. The normalized spacial score (nSPS) is 10.2. The standard InChI is InChI=1S/C16H15BrClNO2/c1-2-21-16(20)11-4-3-5-14(8-11)19-10-12-6-7-13(18)9-15(12)17/h3-9,19H,2,10H2,1H3. The number of hydrogen-bond acceptors (Lipinski definition) is 3. The molecule has 2 aromatic carbocycles. The molecule has 5 heteroatoms. The molecule has 2 aromatic rings. The van der Waals surface area contributed by atoms with Crippen molar-refractivity contribution in [2.24, 2.45) is 0 Å². The Morgan fingerprint density at radius 2 is 2.10 bits per heavy atom. The van der Waals surface area contributed by atoms with Gasteiger partial charge in [0, 0.05) is 21.7 Å². The van der Waals surface area contributed by atoms with Crippen LogP contribution in [0.25, 0.3) is 0 Å². The molecule has 0 aromatic heterocycles. The molecule has 0 unspecified atom stereocenters. The van der Waals surface area contributed by atoms with Crippen molar-refractivity contribution in [1.82, 2.24) is 0 Å². The molecule has 0 atom stereocenters. The zero-order valence-electron chi connectivity index (χ0n) is 11.5. The van der Waals surface area contributed by atoms with Crippen molar-refractivity contribution in [3.05, 3.63) is 63.1 Å². The molecule has 0 spiro atoms. The minimum atomic E-state index is -0.311. The van der Waals surface area contributed by atoms with Gasteiger partial charge in [-0.15, -0.1) is 0 Å². The van der Waals surface area contributed by atoms with Crippen molar-refractivity contribution in [3.8, 4) is 0 Å². The second-order valence-electron chi connectivity index (χ2n) is 4.39. The molecular formula is C16H15BrClNO2. The number of benzene rings is 2. The average Bonchev–Trinajstić information content (AvgIpc) is 2.47. The molecule has 1 N–H and O–H groups in total. The number of carbonyl (C=O) groups is 1. The summed E-state index contributed by atoms with van der Waals surface area (Å²) in [7, 11) is 0. The van der Waals surface area contributed by atoms with Crippen LogP contribution in [-0.2, 0) is 11.3 Å². The topological polar surface area (TPSA) is 38.3 Å². The van der Waals surface area contributed by atoms with Crippen LogP contribution in [0, 0.1) is 0 Å². The Morgan fingerprint density at radius 3 is 2.81 bits per heavy atom. The van der Waals surface area contributed by atoms with Gasteiger partial charge >= 0.3 is 5.97 Å². The molecule has 0 saturated heterocycles. The van der Waals surface area contributed by atoms with Gasteiger partial charge in [0.25, 0.3) is 0 Å². The highest BCUT2D eigenvalue weighted by molar-refractivity contribution is 9.10. The lowest BCUT2D eigenvalue weighted by molar-refractivity contribution is 0.0526. The van der Waals surface area contributed by atoms with Gasteiger partial charge in [0.1, 0.15) is 0 Å². The molecule has 0 fully saturated rings. The van der Waals surface area contributed by atoms with Gasteiger partial charge in [-0.05, 0) is 42.8 Å². The first-order valence-electron chi connectivity index (χ1n) is 6.55. The molecule has 0 heterocycles. The lowest BCUT2D eigenvalue weighted by Gasteiger charge is -2.10. The number of carbonyl (C=O) groups excluding carboxylic acids is 1. The fourth-order valence-electron chi connectivity index (χ4n) is 1.83. The summed E-state index contributed by atoms with van der Waals surface area (Å²) in [5.74, 6) is -0.311. The first-order valence-corrected chi connectivity index (χ1v) is 7.72. The Hall–Kier alpha value is -1.52. The van der Waals surface area contributed by atoms with E-state index in [1.165, 1.54) is 0 Å².